The Labute approximate surface area is 106 Å². The fourth-order valence-electron chi connectivity index (χ4n) is 1.51. The zero-order valence-corrected chi connectivity index (χ0v) is 11.7. The Hall–Kier alpha value is -0.430. The van der Waals surface area contributed by atoms with Crippen LogP contribution in [0.3, 0.4) is 0 Å². The first-order valence-corrected chi connectivity index (χ1v) is 8.03. The third-order valence-corrected chi connectivity index (χ3v) is 5.55. The first-order valence-electron chi connectivity index (χ1n) is 5.67. The fourth-order valence-corrected chi connectivity index (χ4v) is 4.00. The molecule has 2 N–H and O–H groups in total. The van der Waals surface area contributed by atoms with Gasteiger partial charge in [-0.25, -0.2) is 13.1 Å². The first-order chi connectivity index (χ1) is 7.95. The topological polar surface area (TPSA) is 58.2 Å². The average Bonchev–Trinajstić information content (AvgIpc) is 2.81. The van der Waals surface area contributed by atoms with Gasteiger partial charge in [0, 0.05) is 23.3 Å². The molecule has 2 rings (SSSR count). The Balaban J connectivity index is 2.02. The van der Waals surface area contributed by atoms with Crippen molar-refractivity contribution in [2.75, 3.05) is 13.6 Å². The van der Waals surface area contributed by atoms with Gasteiger partial charge in [0.15, 0.2) is 0 Å². The van der Waals surface area contributed by atoms with Gasteiger partial charge in [0.25, 0.3) is 0 Å². The van der Waals surface area contributed by atoms with Crippen LogP contribution in [0.25, 0.3) is 0 Å². The number of hydrogen-bond donors (Lipinski definition) is 2. The molecule has 0 aliphatic heterocycles. The molecule has 1 aliphatic carbocycles. The van der Waals surface area contributed by atoms with E-state index in [-0.39, 0.29) is 5.41 Å². The van der Waals surface area contributed by atoms with Gasteiger partial charge < -0.3 is 5.32 Å². The molecule has 17 heavy (non-hydrogen) atoms. The van der Waals surface area contributed by atoms with Crippen molar-refractivity contribution in [3.8, 4) is 0 Å². The molecule has 1 aromatic heterocycles. The van der Waals surface area contributed by atoms with Crippen molar-refractivity contribution in [1.82, 2.24) is 10.0 Å². The molecule has 1 aliphatic rings. The summed E-state index contributed by atoms with van der Waals surface area (Å²) in [5, 5.41) is 4.71. The van der Waals surface area contributed by atoms with Gasteiger partial charge in [-0.3, -0.25) is 0 Å². The Kier molecular flexibility index (Phi) is 3.58. The predicted octanol–water partition coefficient (Wildman–Crippen LogP) is 1.55. The summed E-state index contributed by atoms with van der Waals surface area (Å²) in [6.07, 6.45) is 2.23. The molecule has 0 aromatic carbocycles. The Morgan fingerprint density at radius 2 is 2.18 bits per heavy atom. The molecule has 1 aromatic rings. The molecule has 0 spiro atoms. The molecular formula is C11H18N2O2S2. The molecule has 1 heterocycles. The van der Waals surface area contributed by atoms with Crippen LogP contribution in [0.4, 0.5) is 0 Å². The van der Waals surface area contributed by atoms with E-state index in [4.69, 9.17) is 0 Å². The zero-order chi connectivity index (χ0) is 12.5. The molecule has 0 saturated heterocycles. The van der Waals surface area contributed by atoms with Crippen LogP contribution in [0, 0.1) is 5.41 Å². The van der Waals surface area contributed by atoms with Crippen molar-refractivity contribution in [2.45, 2.75) is 31.2 Å². The first kappa shape index (κ1) is 13.0. The molecule has 0 radical (unpaired) electrons. The van der Waals surface area contributed by atoms with E-state index in [0.29, 0.717) is 18.0 Å². The van der Waals surface area contributed by atoms with Crippen LogP contribution in [0.2, 0.25) is 0 Å². The lowest BCUT2D eigenvalue weighted by Gasteiger charge is -2.09. The largest absolute Gasteiger partial charge is 0.315 e. The van der Waals surface area contributed by atoms with Gasteiger partial charge in [0.05, 0.1) is 4.90 Å². The predicted molar refractivity (Wildman–Crippen MR) is 69.6 cm³/mol. The number of rotatable bonds is 6. The number of thiophene rings is 1. The lowest BCUT2D eigenvalue weighted by Crippen LogP contribution is -2.28. The Morgan fingerprint density at radius 1 is 1.47 bits per heavy atom. The van der Waals surface area contributed by atoms with Crippen LogP contribution in [-0.2, 0) is 16.6 Å². The lowest BCUT2D eigenvalue weighted by atomic mass is 10.2. The fraction of sp³-hybridized carbons (Fsp3) is 0.636. The molecule has 1 saturated carbocycles. The minimum Gasteiger partial charge on any atom is -0.315 e. The summed E-state index contributed by atoms with van der Waals surface area (Å²) in [4.78, 5) is 1.42. The third-order valence-electron chi connectivity index (χ3n) is 3.08. The Morgan fingerprint density at radius 3 is 2.76 bits per heavy atom. The minimum absolute atomic E-state index is 0.191. The molecule has 0 amide bonds. The molecular weight excluding hydrogens is 256 g/mol. The number of nitrogens with one attached hydrogen (secondary N) is 2. The SMILES string of the molecule is CNCc1cc(S(=O)(=O)NCC2(C)CC2)cs1. The van der Waals surface area contributed by atoms with Crippen LogP contribution in [-0.4, -0.2) is 22.0 Å². The van der Waals surface area contributed by atoms with E-state index in [9.17, 15) is 8.42 Å². The molecule has 0 unspecified atom stereocenters. The van der Waals surface area contributed by atoms with Crippen LogP contribution in [0.5, 0.6) is 0 Å². The summed E-state index contributed by atoms with van der Waals surface area (Å²) in [7, 11) is -1.47. The number of hydrogen-bond acceptors (Lipinski definition) is 4. The van der Waals surface area contributed by atoms with Crippen molar-refractivity contribution < 1.29 is 8.42 Å². The van der Waals surface area contributed by atoms with Crippen molar-refractivity contribution in [3.05, 3.63) is 16.3 Å². The van der Waals surface area contributed by atoms with Gasteiger partial charge >= 0.3 is 0 Å². The maximum Gasteiger partial charge on any atom is 0.241 e. The van der Waals surface area contributed by atoms with Gasteiger partial charge in [0.1, 0.15) is 0 Å². The van der Waals surface area contributed by atoms with Crippen LogP contribution in [0.1, 0.15) is 24.6 Å². The van der Waals surface area contributed by atoms with Gasteiger partial charge in [-0.15, -0.1) is 11.3 Å². The highest BCUT2D eigenvalue weighted by atomic mass is 32.2. The standard InChI is InChI=1S/C11H18N2O2S2/c1-11(3-4-11)8-13-17(14,15)10-5-9(6-12-2)16-7-10/h5,7,12-13H,3-4,6,8H2,1-2H3. The maximum absolute atomic E-state index is 12.0. The van der Waals surface area contributed by atoms with E-state index in [1.165, 1.54) is 11.3 Å². The van der Waals surface area contributed by atoms with E-state index < -0.39 is 10.0 Å². The molecule has 1 fully saturated rings. The third kappa shape index (κ3) is 3.28. The smallest absolute Gasteiger partial charge is 0.241 e. The molecule has 96 valence electrons. The average molecular weight is 274 g/mol. The second-order valence-electron chi connectivity index (χ2n) is 4.91. The van der Waals surface area contributed by atoms with Crippen LogP contribution < -0.4 is 10.0 Å². The zero-order valence-electron chi connectivity index (χ0n) is 10.1. The van der Waals surface area contributed by atoms with E-state index in [2.05, 4.69) is 17.0 Å². The molecule has 6 heteroatoms. The van der Waals surface area contributed by atoms with E-state index in [1.807, 2.05) is 7.05 Å². The summed E-state index contributed by atoms with van der Waals surface area (Å²) in [5.41, 5.74) is 0.191. The molecule has 0 atom stereocenters. The second kappa shape index (κ2) is 4.68. The summed E-state index contributed by atoms with van der Waals surface area (Å²) in [5.74, 6) is 0. The Bertz CT molecular complexity index is 489. The van der Waals surface area contributed by atoms with Gasteiger partial charge in [-0.2, -0.15) is 0 Å². The van der Waals surface area contributed by atoms with Crippen LogP contribution in [0.15, 0.2) is 16.3 Å². The summed E-state index contributed by atoms with van der Waals surface area (Å²) >= 11 is 1.47. The van der Waals surface area contributed by atoms with E-state index in [0.717, 1.165) is 17.7 Å². The van der Waals surface area contributed by atoms with Gasteiger partial charge in [-0.1, -0.05) is 6.92 Å². The summed E-state index contributed by atoms with van der Waals surface area (Å²) in [6.45, 7) is 3.36. The summed E-state index contributed by atoms with van der Waals surface area (Å²) < 4.78 is 26.7. The highest BCUT2D eigenvalue weighted by molar-refractivity contribution is 7.89. The van der Waals surface area contributed by atoms with Gasteiger partial charge in [-0.05, 0) is 31.4 Å². The van der Waals surface area contributed by atoms with Crippen molar-refractivity contribution in [3.63, 3.8) is 0 Å². The minimum atomic E-state index is -3.32. The quantitative estimate of drug-likeness (QED) is 0.827. The van der Waals surface area contributed by atoms with Crippen LogP contribution >= 0.6 is 11.3 Å². The monoisotopic (exact) mass is 274 g/mol. The molecule has 4 nitrogen and oxygen atoms in total. The molecule has 0 bridgehead atoms. The van der Waals surface area contributed by atoms with E-state index in [1.54, 1.807) is 11.4 Å². The highest BCUT2D eigenvalue weighted by Gasteiger charge is 2.38. The summed E-state index contributed by atoms with van der Waals surface area (Å²) in [6, 6.07) is 1.73. The van der Waals surface area contributed by atoms with Crippen molar-refractivity contribution >= 4 is 21.4 Å². The normalized spacial score (nSPS) is 18.2. The van der Waals surface area contributed by atoms with Crippen molar-refractivity contribution in [1.29, 1.82) is 0 Å². The van der Waals surface area contributed by atoms with E-state index >= 15 is 0 Å². The maximum atomic E-state index is 12.0. The van der Waals surface area contributed by atoms with Crippen molar-refractivity contribution in [2.24, 2.45) is 5.41 Å². The highest BCUT2D eigenvalue weighted by Crippen LogP contribution is 2.44. The number of sulfonamides is 1. The lowest BCUT2D eigenvalue weighted by molar-refractivity contribution is 0.530. The van der Waals surface area contributed by atoms with Gasteiger partial charge in [0.2, 0.25) is 10.0 Å². The second-order valence-corrected chi connectivity index (χ2v) is 7.68.